The third kappa shape index (κ3) is 5.39. The first kappa shape index (κ1) is 16.8. The van der Waals surface area contributed by atoms with E-state index >= 15 is 0 Å². The summed E-state index contributed by atoms with van der Waals surface area (Å²) in [7, 11) is 0. The summed E-state index contributed by atoms with van der Waals surface area (Å²) in [6.07, 6.45) is 0.0461. The molecular weight excluding hydrogens is 301 g/mol. The van der Waals surface area contributed by atoms with Crippen LogP contribution in [0.4, 0.5) is 0 Å². The zero-order chi connectivity index (χ0) is 15.3. The minimum absolute atomic E-state index is 0.0452. The van der Waals surface area contributed by atoms with Gasteiger partial charge in [0.15, 0.2) is 0 Å². The Kier molecular flexibility index (Phi) is 6.30. The number of carbonyl (C=O) groups is 2. The monoisotopic (exact) mass is 317 g/mol. The van der Waals surface area contributed by atoms with Crippen molar-refractivity contribution in [3.05, 3.63) is 33.8 Å². The Labute approximate surface area is 128 Å². The summed E-state index contributed by atoms with van der Waals surface area (Å²) in [5.74, 6) is -1.12. The summed E-state index contributed by atoms with van der Waals surface area (Å²) >= 11 is 11.7. The Morgan fingerprint density at radius 2 is 1.90 bits per heavy atom. The molecule has 1 unspecified atom stereocenters. The molecule has 0 aliphatic carbocycles. The van der Waals surface area contributed by atoms with Crippen LogP contribution in [0.3, 0.4) is 0 Å². The van der Waals surface area contributed by atoms with Crippen LogP contribution in [0.1, 0.15) is 25.8 Å². The number of halogens is 2. The lowest BCUT2D eigenvalue weighted by atomic mass is 10.0. The summed E-state index contributed by atoms with van der Waals surface area (Å²) in [4.78, 5) is 22.7. The van der Waals surface area contributed by atoms with Gasteiger partial charge in [-0.1, -0.05) is 43.1 Å². The van der Waals surface area contributed by atoms with Crippen LogP contribution in [0, 0.1) is 5.92 Å². The van der Waals surface area contributed by atoms with Crippen molar-refractivity contribution in [3.8, 4) is 0 Å². The minimum Gasteiger partial charge on any atom is -0.481 e. The lowest BCUT2D eigenvalue weighted by molar-refractivity contribution is -0.138. The van der Waals surface area contributed by atoms with Crippen molar-refractivity contribution in [2.45, 2.75) is 32.7 Å². The van der Waals surface area contributed by atoms with E-state index in [1.807, 2.05) is 13.8 Å². The van der Waals surface area contributed by atoms with Crippen LogP contribution in [-0.4, -0.2) is 23.0 Å². The number of rotatable bonds is 6. The van der Waals surface area contributed by atoms with Gasteiger partial charge in [-0.15, -0.1) is 0 Å². The molecule has 1 aromatic rings. The van der Waals surface area contributed by atoms with Gasteiger partial charge in [-0.05, 0) is 23.6 Å². The predicted octanol–water partition coefficient (Wildman–Crippen LogP) is 3.15. The summed E-state index contributed by atoms with van der Waals surface area (Å²) in [6, 6.07) is 4.59. The first-order valence-electron chi connectivity index (χ1n) is 6.24. The van der Waals surface area contributed by atoms with Crippen molar-refractivity contribution in [1.29, 1.82) is 0 Å². The molecule has 0 spiro atoms. The molecule has 2 N–H and O–H groups in total. The zero-order valence-electron chi connectivity index (χ0n) is 11.3. The van der Waals surface area contributed by atoms with Gasteiger partial charge in [-0.3, -0.25) is 9.59 Å². The van der Waals surface area contributed by atoms with Crippen LogP contribution >= 0.6 is 23.2 Å². The van der Waals surface area contributed by atoms with Gasteiger partial charge in [0.05, 0.1) is 22.9 Å². The first-order chi connectivity index (χ1) is 9.29. The van der Waals surface area contributed by atoms with Gasteiger partial charge in [0.1, 0.15) is 0 Å². The third-order valence-electron chi connectivity index (χ3n) is 2.89. The average Bonchev–Trinajstić information content (AvgIpc) is 2.32. The summed E-state index contributed by atoms with van der Waals surface area (Å²) < 4.78 is 0. The molecule has 20 heavy (non-hydrogen) atoms. The molecule has 0 aliphatic heterocycles. The molecule has 0 saturated carbocycles. The van der Waals surface area contributed by atoms with Crippen LogP contribution in [0.25, 0.3) is 0 Å². The van der Waals surface area contributed by atoms with E-state index in [1.54, 1.807) is 18.2 Å². The van der Waals surface area contributed by atoms with Gasteiger partial charge in [0.2, 0.25) is 5.91 Å². The Morgan fingerprint density at radius 1 is 1.25 bits per heavy atom. The summed E-state index contributed by atoms with van der Waals surface area (Å²) in [6.45, 7) is 3.74. The van der Waals surface area contributed by atoms with Crippen LogP contribution < -0.4 is 5.32 Å². The number of aliphatic carboxylic acids is 1. The van der Waals surface area contributed by atoms with Crippen LogP contribution in [0.15, 0.2) is 18.2 Å². The molecule has 0 bridgehead atoms. The van der Waals surface area contributed by atoms with Gasteiger partial charge in [0, 0.05) is 6.04 Å². The van der Waals surface area contributed by atoms with E-state index < -0.39 is 5.97 Å². The maximum atomic E-state index is 11.9. The van der Waals surface area contributed by atoms with E-state index in [4.69, 9.17) is 28.3 Å². The molecule has 4 nitrogen and oxygen atoms in total. The van der Waals surface area contributed by atoms with Crippen molar-refractivity contribution in [1.82, 2.24) is 5.32 Å². The highest BCUT2D eigenvalue weighted by Gasteiger charge is 2.19. The normalized spacial score (nSPS) is 12.2. The molecule has 1 aromatic carbocycles. The Hall–Kier alpha value is -1.26. The molecule has 0 saturated heterocycles. The highest BCUT2D eigenvalue weighted by Crippen LogP contribution is 2.22. The van der Waals surface area contributed by atoms with Crippen molar-refractivity contribution >= 4 is 35.1 Å². The topological polar surface area (TPSA) is 66.4 Å². The fourth-order valence-corrected chi connectivity index (χ4v) is 2.06. The Morgan fingerprint density at radius 3 is 2.40 bits per heavy atom. The first-order valence-corrected chi connectivity index (χ1v) is 7.00. The van der Waals surface area contributed by atoms with Crippen LogP contribution in [0.5, 0.6) is 0 Å². The molecule has 0 aromatic heterocycles. The molecule has 1 rings (SSSR count). The number of benzene rings is 1. The quantitative estimate of drug-likeness (QED) is 0.847. The number of carbonyl (C=O) groups excluding carboxylic acids is 1. The van der Waals surface area contributed by atoms with E-state index in [2.05, 4.69) is 5.32 Å². The average molecular weight is 318 g/mol. The number of hydrogen-bond donors (Lipinski definition) is 2. The Bertz CT molecular complexity index is 503. The maximum absolute atomic E-state index is 11.9. The van der Waals surface area contributed by atoms with E-state index in [-0.39, 0.29) is 30.7 Å². The van der Waals surface area contributed by atoms with E-state index in [9.17, 15) is 9.59 Å². The summed E-state index contributed by atoms with van der Waals surface area (Å²) in [5.41, 5.74) is 0.731. The SMILES string of the molecule is CC(C)C(CC(=O)O)NC(=O)Cc1ccc(Cl)c(Cl)c1. The van der Waals surface area contributed by atoms with E-state index in [0.717, 1.165) is 5.56 Å². The second kappa shape index (κ2) is 7.50. The smallest absolute Gasteiger partial charge is 0.305 e. The lowest BCUT2D eigenvalue weighted by Crippen LogP contribution is -2.40. The fourth-order valence-electron chi connectivity index (χ4n) is 1.73. The summed E-state index contributed by atoms with van der Waals surface area (Å²) in [5, 5.41) is 12.4. The molecular formula is C14H17Cl2NO3. The molecule has 0 radical (unpaired) electrons. The molecule has 110 valence electrons. The molecule has 1 atom stereocenters. The number of hydrogen-bond acceptors (Lipinski definition) is 2. The maximum Gasteiger partial charge on any atom is 0.305 e. The van der Waals surface area contributed by atoms with Crippen molar-refractivity contribution in [2.24, 2.45) is 5.92 Å². The second-order valence-electron chi connectivity index (χ2n) is 4.94. The van der Waals surface area contributed by atoms with Crippen LogP contribution in [0.2, 0.25) is 10.0 Å². The Balaban J connectivity index is 2.65. The molecule has 0 heterocycles. The predicted molar refractivity (Wildman–Crippen MR) is 79.2 cm³/mol. The van der Waals surface area contributed by atoms with Gasteiger partial charge in [0.25, 0.3) is 0 Å². The highest BCUT2D eigenvalue weighted by molar-refractivity contribution is 6.42. The van der Waals surface area contributed by atoms with E-state index in [1.165, 1.54) is 0 Å². The second-order valence-corrected chi connectivity index (χ2v) is 5.76. The van der Waals surface area contributed by atoms with Gasteiger partial charge in [-0.2, -0.15) is 0 Å². The standard InChI is InChI=1S/C14H17Cl2NO3/c1-8(2)12(7-14(19)20)17-13(18)6-9-3-4-10(15)11(16)5-9/h3-5,8,12H,6-7H2,1-2H3,(H,17,18)(H,19,20). The molecule has 0 fully saturated rings. The van der Waals surface area contributed by atoms with Gasteiger partial charge in [-0.25, -0.2) is 0 Å². The molecule has 1 amide bonds. The molecule has 6 heteroatoms. The number of carboxylic acid groups (broad SMARTS) is 1. The third-order valence-corrected chi connectivity index (χ3v) is 3.63. The number of nitrogens with one attached hydrogen (secondary N) is 1. The van der Waals surface area contributed by atoms with Crippen LogP contribution in [-0.2, 0) is 16.0 Å². The van der Waals surface area contributed by atoms with Crippen molar-refractivity contribution < 1.29 is 14.7 Å². The minimum atomic E-state index is -0.932. The highest BCUT2D eigenvalue weighted by atomic mass is 35.5. The molecule has 0 aliphatic rings. The van der Waals surface area contributed by atoms with Gasteiger partial charge >= 0.3 is 5.97 Å². The zero-order valence-corrected chi connectivity index (χ0v) is 12.8. The van der Waals surface area contributed by atoms with Gasteiger partial charge < -0.3 is 10.4 Å². The fraction of sp³-hybridized carbons (Fsp3) is 0.429. The largest absolute Gasteiger partial charge is 0.481 e. The lowest BCUT2D eigenvalue weighted by Gasteiger charge is -2.20. The number of amides is 1. The number of carboxylic acids is 1. The van der Waals surface area contributed by atoms with Crippen molar-refractivity contribution in [3.63, 3.8) is 0 Å². The van der Waals surface area contributed by atoms with Crippen molar-refractivity contribution in [2.75, 3.05) is 0 Å². The van der Waals surface area contributed by atoms with E-state index in [0.29, 0.717) is 10.0 Å².